The molecule has 0 radical (unpaired) electrons. The predicted molar refractivity (Wildman–Crippen MR) is 79.9 cm³/mol. The Balaban J connectivity index is 2.71. The van der Waals surface area contributed by atoms with Crippen molar-refractivity contribution in [2.45, 2.75) is 52.4 Å². The van der Waals surface area contributed by atoms with Crippen molar-refractivity contribution in [3.63, 3.8) is 0 Å². The van der Waals surface area contributed by atoms with Crippen LogP contribution < -0.4 is 5.43 Å². The van der Waals surface area contributed by atoms with E-state index in [2.05, 4.69) is 20.8 Å². The Morgan fingerprint density at radius 1 is 0.947 bits per heavy atom. The van der Waals surface area contributed by atoms with Crippen LogP contribution in [-0.2, 0) is 10.8 Å². The van der Waals surface area contributed by atoms with Gasteiger partial charge in [0.25, 0.3) is 0 Å². The first kappa shape index (κ1) is 13.9. The Hall–Kier alpha value is -1.57. The lowest BCUT2D eigenvalue weighted by molar-refractivity contribution is 0.528. The molecule has 0 atom stereocenters. The van der Waals surface area contributed by atoms with Crippen molar-refractivity contribution >= 4 is 11.0 Å². The number of rotatable bonds is 0. The van der Waals surface area contributed by atoms with Crippen molar-refractivity contribution in [3.8, 4) is 0 Å². The summed E-state index contributed by atoms with van der Waals surface area (Å²) in [6.45, 7) is 12.5. The molecule has 0 bridgehead atoms. The molecule has 2 rings (SSSR count). The largest absolute Gasteiger partial charge is 0.464 e. The highest BCUT2D eigenvalue weighted by Gasteiger charge is 2.21. The number of hydrogen-bond donors (Lipinski definition) is 0. The zero-order valence-corrected chi connectivity index (χ0v) is 12.6. The summed E-state index contributed by atoms with van der Waals surface area (Å²) in [5.41, 5.74) is 2.50. The highest BCUT2D eigenvalue weighted by molar-refractivity contribution is 5.78. The summed E-state index contributed by atoms with van der Waals surface area (Å²) in [5.74, 6) is 0. The van der Waals surface area contributed by atoms with Gasteiger partial charge < -0.3 is 4.42 Å². The number of benzene rings is 1. The van der Waals surface area contributed by atoms with Crippen LogP contribution in [0.5, 0.6) is 0 Å². The third kappa shape index (κ3) is 2.58. The molecular weight excluding hydrogens is 236 g/mol. The van der Waals surface area contributed by atoms with Crippen molar-refractivity contribution in [1.82, 2.24) is 0 Å². The Morgan fingerprint density at radius 2 is 1.58 bits per heavy atom. The maximum Gasteiger partial charge on any atom is 0.196 e. The van der Waals surface area contributed by atoms with E-state index in [4.69, 9.17) is 4.42 Å². The minimum atomic E-state index is -0.197. The Labute approximate surface area is 114 Å². The second kappa shape index (κ2) is 4.22. The van der Waals surface area contributed by atoms with Gasteiger partial charge in [-0.1, -0.05) is 47.6 Å². The summed E-state index contributed by atoms with van der Waals surface area (Å²) in [6, 6.07) is 5.88. The topological polar surface area (TPSA) is 30.2 Å². The van der Waals surface area contributed by atoms with E-state index in [1.807, 2.05) is 39.0 Å². The predicted octanol–water partition coefficient (Wildman–Crippen LogP) is 4.39. The maximum atomic E-state index is 12.5. The van der Waals surface area contributed by atoms with Crippen LogP contribution in [0, 0.1) is 0 Å². The highest BCUT2D eigenvalue weighted by Crippen LogP contribution is 2.27. The molecular formula is C17H22O2. The lowest BCUT2D eigenvalue weighted by Gasteiger charge is -2.20. The van der Waals surface area contributed by atoms with Crippen LogP contribution in [0.1, 0.15) is 52.7 Å². The minimum Gasteiger partial charge on any atom is -0.464 e. The van der Waals surface area contributed by atoms with Gasteiger partial charge in [0.1, 0.15) is 5.58 Å². The normalized spacial score (nSPS) is 12.9. The van der Waals surface area contributed by atoms with Gasteiger partial charge in [0.15, 0.2) is 5.43 Å². The molecule has 0 aliphatic heterocycles. The van der Waals surface area contributed by atoms with Gasteiger partial charge in [-0.2, -0.15) is 0 Å². The third-order valence-corrected chi connectivity index (χ3v) is 3.45. The maximum absolute atomic E-state index is 12.5. The highest BCUT2D eigenvalue weighted by atomic mass is 16.3. The van der Waals surface area contributed by atoms with E-state index in [0.29, 0.717) is 11.0 Å². The van der Waals surface area contributed by atoms with E-state index in [1.54, 1.807) is 6.26 Å². The summed E-state index contributed by atoms with van der Waals surface area (Å²) in [7, 11) is 0. The van der Waals surface area contributed by atoms with Gasteiger partial charge in [0.2, 0.25) is 0 Å². The lowest BCUT2D eigenvalue weighted by atomic mass is 9.85. The van der Waals surface area contributed by atoms with Gasteiger partial charge in [0.05, 0.1) is 11.6 Å². The van der Waals surface area contributed by atoms with E-state index in [0.717, 1.165) is 5.56 Å². The zero-order chi connectivity index (χ0) is 14.4. The Bertz CT molecular complexity index is 664. The number of hydrogen-bond acceptors (Lipinski definition) is 2. The zero-order valence-electron chi connectivity index (χ0n) is 12.6. The van der Waals surface area contributed by atoms with Crippen LogP contribution in [0.2, 0.25) is 0 Å². The van der Waals surface area contributed by atoms with Gasteiger partial charge in [0, 0.05) is 5.56 Å². The molecule has 0 aliphatic rings. The summed E-state index contributed by atoms with van der Waals surface area (Å²) in [4.78, 5) is 12.5. The van der Waals surface area contributed by atoms with Crippen molar-refractivity contribution in [1.29, 1.82) is 0 Å². The molecule has 19 heavy (non-hydrogen) atoms. The average molecular weight is 258 g/mol. The molecule has 2 heteroatoms. The second-order valence-corrected chi connectivity index (χ2v) is 7.19. The Kier molecular flexibility index (Phi) is 3.08. The molecule has 0 saturated carbocycles. The molecule has 2 aromatic rings. The van der Waals surface area contributed by atoms with E-state index < -0.39 is 0 Å². The van der Waals surface area contributed by atoms with Gasteiger partial charge in [-0.05, 0) is 28.5 Å². The molecule has 1 aromatic carbocycles. The molecule has 0 saturated heterocycles. The first-order valence-electron chi connectivity index (χ1n) is 6.67. The van der Waals surface area contributed by atoms with Gasteiger partial charge in [-0.25, -0.2) is 0 Å². The fourth-order valence-corrected chi connectivity index (χ4v) is 2.11. The first-order chi connectivity index (χ1) is 8.60. The Morgan fingerprint density at radius 3 is 2.11 bits per heavy atom. The van der Waals surface area contributed by atoms with E-state index >= 15 is 0 Å². The fourth-order valence-electron chi connectivity index (χ4n) is 2.11. The quantitative estimate of drug-likeness (QED) is 0.701. The standard InChI is InChI=1S/C17H22O2/c1-16(2,3)11-7-8-12-14(9-11)19-10-13(15(12)18)17(4,5)6/h7-10H,1-6H3. The third-order valence-electron chi connectivity index (χ3n) is 3.45. The molecule has 0 aliphatic carbocycles. The summed E-state index contributed by atoms with van der Waals surface area (Å²) in [6.07, 6.45) is 1.61. The molecule has 0 N–H and O–H groups in total. The summed E-state index contributed by atoms with van der Waals surface area (Å²) < 4.78 is 5.69. The van der Waals surface area contributed by atoms with Crippen LogP contribution >= 0.6 is 0 Å². The average Bonchev–Trinajstić information content (AvgIpc) is 2.26. The monoisotopic (exact) mass is 258 g/mol. The second-order valence-electron chi connectivity index (χ2n) is 7.19. The SMILES string of the molecule is CC(C)(C)c1ccc2c(=O)c(C(C)(C)C)coc2c1. The summed E-state index contributed by atoms with van der Waals surface area (Å²) in [5, 5.41) is 0.667. The molecule has 0 unspecified atom stereocenters. The molecule has 1 heterocycles. The first-order valence-corrected chi connectivity index (χ1v) is 6.67. The van der Waals surface area contributed by atoms with Gasteiger partial charge in [-0.15, -0.1) is 0 Å². The molecule has 102 valence electrons. The van der Waals surface area contributed by atoms with Crippen molar-refractivity contribution in [3.05, 3.63) is 45.8 Å². The molecule has 0 spiro atoms. The van der Waals surface area contributed by atoms with Crippen molar-refractivity contribution in [2.24, 2.45) is 0 Å². The number of fused-ring (bicyclic) bond motifs is 1. The van der Waals surface area contributed by atoms with Crippen molar-refractivity contribution in [2.75, 3.05) is 0 Å². The van der Waals surface area contributed by atoms with Crippen LogP contribution in [0.15, 0.2) is 33.7 Å². The van der Waals surface area contributed by atoms with Gasteiger partial charge in [-0.3, -0.25) is 4.79 Å². The lowest BCUT2D eigenvalue weighted by Crippen LogP contribution is -2.22. The molecule has 0 fully saturated rings. The smallest absolute Gasteiger partial charge is 0.196 e. The van der Waals surface area contributed by atoms with Crippen LogP contribution in [0.25, 0.3) is 11.0 Å². The van der Waals surface area contributed by atoms with Crippen LogP contribution in [-0.4, -0.2) is 0 Å². The molecule has 1 aromatic heterocycles. The van der Waals surface area contributed by atoms with E-state index in [1.165, 1.54) is 5.56 Å². The molecule has 0 amide bonds. The van der Waals surface area contributed by atoms with Crippen LogP contribution in [0.3, 0.4) is 0 Å². The van der Waals surface area contributed by atoms with Gasteiger partial charge >= 0.3 is 0 Å². The van der Waals surface area contributed by atoms with E-state index in [9.17, 15) is 4.79 Å². The minimum absolute atomic E-state index is 0.0510. The fraction of sp³-hybridized carbons (Fsp3) is 0.471. The van der Waals surface area contributed by atoms with E-state index in [-0.39, 0.29) is 16.3 Å². The summed E-state index contributed by atoms with van der Waals surface area (Å²) >= 11 is 0. The molecule has 2 nitrogen and oxygen atoms in total. The van der Waals surface area contributed by atoms with Crippen molar-refractivity contribution < 1.29 is 4.42 Å². The van der Waals surface area contributed by atoms with Crippen LogP contribution in [0.4, 0.5) is 0 Å².